The minimum atomic E-state index is 0.846. The van der Waals surface area contributed by atoms with Crippen molar-refractivity contribution in [2.75, 3.05) is 0 Å². The topological polar surface area (TPSA) is 9.23 Å². The number of allylic oxidation sites excluding steroid dienone is 1. The molecule has 1 aromatic rings. The summed E-state index contributed by atoms with van der Waals surface area (Å²) in [6.07, 6.45) is 5.31. The molecule has 12 heavy (non-hydrogen) atoms. The van der Waals surface area contributed by atoms with E-state index < -0.39 is 0 Å². The van der Waals surface area contributed by atoms with Crippen molar-refractivity contribution < 1.29 is 4.74 Å². The van der Waals surface area contributed by atoms with Crippen molar-refractivity contribution in [2.45, 2.75) is 6.92 Å². The summed E-state index contributed by atoms with van der Waals surface area (Å²) in [5.74, 6) is 0.846. The first-order valence-electron chi connectivity index (χ1n) is 3.87. The molecule has 1 aromatic carbocycles. The summed E-state index contributed by atoms with van der Waals surface area (Å²) < 4.78 is 5.24. The Labute approximate surface area is 73.0 Å². The molecule has 0 N–H and O–H groups in total. The summed E-state index contributed by atoms with van der Waals surface area (Å²) in [5, 5.41) is 0. The standard InChI is InChI=1S/C11H12O/c1-3-9-12-11-7-5-10(4-2)6-8-11/h3-9H,2H2,1H3/b9-3-. The summed E-state index contributed by atoms with van der Waals surface area (Å²) in [7, 11) is 0. The SMILES string of the molecule is C=Cc1ccc(O/C=C\C)cc1. The van der Waals surface area contributed by atoms with Gasteiger partial charge in [0.25, 0.3) is 0 Å². The number of hydrogen-bond donors (Lipinski definition) is 0. The lowest BCUT2D eigenvalue weighted by Crippen LogP contribution is -1.80. The largest absolute Gasteiger partial charge is 0.465 e. The van der Waals surface area contributed by atoms with Crippen molar-refractivity contribution >= 4 is 6.08 Å². The van der Waals surface area contributed by atoms with E-state index in [1.807, 2.05) is 37.3 Å². The highest BCUT2D eigenvalue weighted by molar-refractivity contribution is 5.48. The molecule has 1 nitrogen and oxygen atoms in total. The smallest absolute Gasteiger partial charge is 0.126 e. The van der Waals surface area contributed by atoms with Gasteiger partial charge in [0.15, 0.2) is 0 Å². The van der Waals surface area contributed by atoms with Crippen LogP contribution in [0.1, 0.15) is 12.5 Å². The second-order valence-corrected chi connectivity index (χ2v) is 2.36. The van der Waals surface area contributed by atoms with Gasteiger partial charge in [-0.1, -0.05) is 30.9 Å². The Kier molecular flexibility index (Phi) is 3.15. The summed E-state index contributed by atoms with van der Waals surface area (Å²) in [5.41, 5.74) is 1.10. The highest BCUT2D eigenvalue weighted by Gasteiger charge is 1.88. The zero-order chi connectivity index (χ0) is 8.81. The Balaban J connectivity index is 2.70. The van der Waals surface area contributed by atoms with Crippen molar-refractivity contribution in [3.05, 3.63) is 48.7 Å². The van der Waals surface area contributed by atoms with Crippen LogP contribution in [0.5, 0.6) is 5.75 Å². The van der Waals surface area contributed by atoms with Crippen LogP contribution in [0.4, 0.5) is 0 Å². The Bertz CT molecular complexity index is 270. The molecule has 0 saturated heterocycles. The van der Waals surface area contributed by atoms with E-state index in [9.17, 15) is 0 Å². The summed E-state index contributed by atoms with van der Waals surface area (Å²) >= 11 is 0. The van der Waals surface area contributed by atoms with Gasteiger partial charge in [-0.25, -0.2) is 0 Å². The van der Waals surface area contributed by atoms with Crippen LogP contribution in [0.3, 0.4) is 0 Å². The van der Waals surface area contributed by atoms with E-state index in [1.54, 1.807) is 12.3 Å². The molecular formula is C11H12O. The van der Waals surface area contributed by atoms with E-state index in [-0.39, 0.29) is 0 Å². The van der Waals surface area contributed by atoms with Gasteiger partial charge in [0.05, 0.1) is 6.26 Å². The summed E-state index contributed by atoms with van der Waals surface area (Å²) in [6, 6.07) is 7.76. The van der Waals surface area contributed by atoms with Crippen molar-refractivity contribution in [3.63, 3.8) is 0 Å². The first-order valence-corrected chi connectivity index (χ1v) is 3.87. The van der Waals surface area contributed by atoms with Crippen LogP contribution in [-0.2, 0) is 0 Å². The van der Waals surface area contributed by atoms with E-state index >= 15 is 0 Å². The molecule has 0 saturated carbocycles. The van der Waals surface area contributed by atoms with Gasteiger partial charge in [-0.15, -0.1) is 0 Å². The van der Waals surface area contributed by atoms with Crippen LogP contribution < -0.4 is 4.74 Å². The zero-order valence-corrected chi connectivity index (χ0v) is 7.16. The molecule has 0 aliphatic rings. The fourth-order valence-corrected chi connectivity index (χ4v) is 0.829. The Morgan fingerprint density at radius 1 is 1.25 bits per heavy atom. The van der Waals surface area contributed by atoms with Crippen molar-refractivity contribution in [2.24, 2.45) is 0 Å². The molecule has 0 aromatic heterocycles. The van der Waals surface area contributed by atoms with Crippen LogP contribution in [0, 0.1) is 0 Å². The first-order chi connectivity index (χ1) is 5.86. The number of ether oxygens (including phenoxy) is 1. The lowest BCUT2D eigenvalue weighted by molar-refractivity contribution is 0.480. The number of rotatable bonds is 3. The van der Waals surface area contributed by atoms with Crippen LogP contribution in [0.25, 0.3) is 6.08 Å². The van der Waals surface area contributed by atoms with E-state index in [0.717, 1.165) is 11.3 Å². The van der Waals surface area contributed by atoms with Gasteiger partial charge in [-0.05, 0) is 24.6 Å². The maximum atomic E-state index is 5.24. The Morgan fingerprint density at radius 3 is 2.42 bits per heavy atom. The maximum Gasteiger partial charge on any atom is 0.126 e. The summed E-state index contributed by atoms with van der Waals surface area (Å²) in [6.45, 7) is 5.58. The molecule has 1 rings (SSSR count). The van der Waals surface area contributed by atoms with Gasteiger partial charge in [-0.3, -0.25) is 0 Å². The molecular weight excluding hydrogens is 148 g/mol. The third-order valence-electron chi connectivity index (χ3n) is 1.46. The van der Waals surface area contributed by atoms with Crippen molar-refractivity contribution in [1.29, 1.82) is 0 Å². The fourth-order valence-electron chi connectivity index (χ4n) is 0.829. The predicted molar refractivity (Wildman–Crippen MR) is 52.0 cm³/mol. The van der Waals surface area contributed by atoms with Gasteiger partial charge in [0, 0.05) is 0 Å². The molecule has 0 amide bonds. The van der Waals surface area contributed by atoms with E-state index in [2.05, 4.69) is 6.58 Å². The molecule has 0 aliphatic heterocycles. The minimum absolute atomic E-state index is 0.846. The minimum Gasteiger partial charge on any atom is -0.465 e. The molecule has 0 spiro atoms. The molecule has 1 heteroatoms. The van der Waals surface area contributed by atoms with Gasteiger partial charge in [0.1, 0.15) is 5.75 Å². The van der Waals surface area contributed by atoms with Crippen LogP contribution >= 0.6 is 0 Å². The lowest BCUT2D eigenvalue weighted by atomic mass is 10.2. The maximum absolute atomic E-state index is 5.24. The molecule has 0 bridgehead atoms. The van der Waals surface area contributed by atoms with Crippen LogP contribution in [0.15, 0.2) is 43.2 Å². The van der Waals surface area contributed by atoms with E-state index in [1.165, 1.54) is 0 Å². The monoisotopic (exact) mass is 160 g/mol. The van der Waals surface area contributed by atoms with Gasteiger partial charge in [0.2, 0.25) is 0 Å². The highest BCUT2D eigenvalue weighted by Crippen LogP contribution is 2.12. The second kappa shape index (κ2) is 4.39. The molecule has 62 valence electrons. The normalized spacial score (nSPS) is 10.1. The Hall–Kier alpha value is -1.50. The average molecular weight is 160 g/mol. The van der Waals surface area contributed by atoms with Crippen LogP contribution in [-0.4, -0.2) is 0 Å². The van der Waals surface area contributed by atoms with Gasteiger partial charge >= 0.3 is 0 Å². The molecule has 0 heterocycles. The van der Waals surface area contributed by atoms with Crippen LogP contribution in [0.2, 0.25) is 0 Å². The van der Waals surface area contributed by atoms with E-state index in [0.29, 0.717) is 0 Å². The van der Waals surface area contributed by atoms with Gasteiger partial charge in [-0.2, -0.15) is 0 Å². The molecule has 0 fully saturated rings. The Morgan fingerprint density at radius 2 is 1.92 bits per heavy atom. The zero-order valence-electron chi connectivity index (χ0n) is 7.16. The van der Waals surface area contributed by atoms with Crippen molar-refractivity contribution in [3.8, 4) is 5.75 Å². The number of hydrogen-bond acceptors (Lipinski definition) is 1. The predicted octanol–water partition coefficient (Wildman–Crippen LogP) is 3.24. The van der Waals surface area contributed by atoms with Crippen molar-refractivity contribution in [1.82, 2.24) is 0 Å². The van der Waals surface area contributed by atoms with Gasteiger partial charge < -0.3 is 4.74 Å². The first kappa shape index (κ1) is 8.60. The molecule has 0 unspecified atom stereocenters. The lowest BCUT2D eigenvalue weighted by Gasteiger charge is -1.99. The highest BCUT2D eigenvalue weighted by atomic mass is 16.5. The van der Waals surface area contributed by atoms with E-state index in [4.69, 9.17) is 4.74 Å². The summed E-state index contributed by atoms with van der Waals surface area (Å²) in [4.78, 5) is 0. The molecule has 0 atom stereocenters. The molecule has 0 aliphatic carbocycles. The quantitative estimate of drug-likeness (QED) is 0.617. The fraction of sp³-hybridized carbons (Fsp3) is 0.0909. The average Bonchev–Trinajstić information content (AvgIpc) is 2.15. The third-order valence-corrected chi connectivity index (χ3v) is 1.46. The second-order valence-electron chi connectivity index (χ2n) is 2.36. The third kappa shape index (κ3) is 2.27. The molecule has 0 radical (unpaired) electrons. The number of benzene rings is 1.